The Morgan fingerprint density at radius 2 is 2.55 bits per heavy atom. The molecule has 3 nitrogen and oxygen atoms in total. The molecule has 0 aromatic carbocycles. The highest BCUT2D eigenvalue weighted by Gasteiger charge is 2.20. The van der Waals surface area contributed by atoms with E-state index in [4.69, 9.17) is 5.11 Å². The molecule has 0 bridgehead atoms. The van der Waals surface area contributed by atoms with E-state index in [0.717, 1.165) is 12.2 Å². The van der Waals surface area contributed by atoms with Gasteiger partial charge in [0.2, 0.25) is 0 Å². The molecule has 11 heavy (non-hydrogen) atoms. The molecule has 1 heterocycles. The zero-order valence-corrected chi connectivity index (χ0v) is 7.43. The molecular weight excluding hydrogens is 162 g/mol. The van der Waals surface area contributed by atoms with Crippen LogP contribution in [0.2, 0.25) is 0 Å². The van der Waals surface area contributed by atoms with Gasteiger partial charge in [-0.25, -0.2) is 0 Å². The summed E-state index contributed by atoms with van der Waals surface area (Å²) in [5.41, 5.74) is 0. The Labute approximate surface area is 70.8 Å². The van der Waals surface area contributed by atoms with Crippen molar-refractivity contribution < 1.29 is 9.90 Å². The van der Waals surface area contributed by atoms with Gasteiger partial charge in [0.25, 0.3) is 0 Å². The molecule has 0 aliphatic carbocycles. The van der Waals surface area contributed by atoms with Gasteiger partial charge < -0.3 is 5.11 Å². The Kier molecular flexibility index (Phi) is 3.20. The van der Waals surface area contributed by atoms with Gasteiger partial charge in [0.05, 0.1) is 6.54 Å². The lowest BCUT2D eigenvalue weighted by molar-refractivity contribution is -0.138. The van der Waals surface area contributed by atoms with Crippen molar-refractivity contribution in [3.8, 4) is 0 Å². The number of hydrogen-bond donors (Lipinski definition) is 1. The molecule has 0 unspecified atom stereocenters. The van der Waals surface area contributed by atoms with E-state index in [9.17, 15) is 4.79 Å². The lowest BCUT2D eigenvalue weighted by Crippen LogP contribution is -2.35. The first-order chi connectivity index (χ1) is 5.20. The SMILES string of the molecule is CN(CC(=O)O)[C@H]1CCSC1. The minimum Gasteiger partial charge on any atom is -0.480 e. The van der Waals surface area contributed by atoms with Gasteiger partial charge in [-0.3, -0.25) is 9.69 Å². The maximum atomic E-state index is 10.3. The fourth-order valence-electron chi connectivity index (χ4n) is 1.21. The normalized spacial score (nSPS) is 24.4. The third kappa shape index (κ3) is 2.71. The van der Waals surface area contributed by atoms with Crippen molar-refractivity contribution >= 4 is 17.7 Å². The van der Waals surface area contributed by atoms with E-state index in [1.54, 1.807) is 0 Å². The Bertz CT molecular complexity index is 145. The molecule has 1 N–H and O–H groups in total. The molecular formula is C7H13NO2S. The quantitative estimate of drug-likeness (QED) is 0.678. The smallest absolute Gasteiger partial charge is 0.317 e. The average Bonchev–Trinajstić information content (AvgIpc) is 2.35. The summed E-state index contributed by atoms with van der Waals surface area (Å²) >= 11 is 1.90. The van der Waals surface area contributed by atoms with Crippen LogP contribution in [0.4, 0.5) is 0 Å². The molecule has 0 spiro atoms. The van der Waals surface area contributed by atoms with Crippen molar-refractivity contribution in [2.75, 3.05) is 25.1 Å². The Morgan fingerprint density at radius 1 is 1.82 bits per heavy atom. The van der Waals surface area contributed by atoms with Gasteiger partial charge in [-0.15, -0.1) is 0 Å². The van der Waals surface area contributed by atoms with Gasteiger partial charge in [-0.2, -0.15) is 11.8 Å². The summed E-state index contributed by atoms with van der Waals surface area (Å²) in [5, 5.41) is 8.50. The van der Waals surface area contributed by atoms with Gasteiger partial charge in [0, 0.05) is 11.8 Å². The standard InChI is InChI=1S/C7H13NO2S/c1-8(4-7(9)10)6-2-3-11-5-6/h6H,2-5H2,1H3,(H,9,10)/t6-/m0/s1. The van der Waals surface area contributed by atoms with Gasteiger partial charge >= 0.3 is 5.97 Å². The number of nitrogens with zero attached hydrogens (tertiary/aromatic N) is 1. The summed E-state index contributed by atoms with van der Waals surface area (Å²) in [6.45, 7) is 0.172. The summed E-state index contributed by atoms with van der Waals surface area (Å²) in [6.07, 6.45) is 1.13. The third-order valence-corrected chi connectivity index (χ3v) is 3.06. The fourth-order valence-corrected chi connectivity index (χ4v) is 2.51. The molecule has 0 saturated carbocycles. The minimum absolute atomic E-state index is 0.172. The number of hydrogen-bond acceptors (Lipinski definition) is 3. The van der Waals surface area contributed by atoms with Crippen LogP contribution in [-0.2, 0) is 4.79 Å². The summed E-state index contributed by atoms with van der Waals surface area (Å²) in [7, 11) is 1.88. The van der Waals surface area contributed by atoms with Crippen LogP contribution in [0.3, 0.4) is 0 Å². The first-order valence-electron chi connectivity index (χ1n) is 3.70. The van der Waals surface area contributed by atoms with E-state index in [-0.39, 0.29) is 6.54 Å². The zero-order chi connectivity index (χ0) is 8.27. The fraction of sp³-hybridized carbons (Fsp3) is 0.857. The van der Waals surface area contributed by atoms with Crippen LogP contribution in [-0.4, -0.2) is 47.1 Å². The van der Waals surface area contributed by atoms with E-state index in [1.807, 2.05) is 23.7 Å². The molecule has 64 valence electrons. The second kappa shape index (κ2) is 3.97. The van der Waals surface area contributed by atoms with E-state index in [2.05, 4.69) is 0 Å². The van der Waals surface area contributed by atoms with Crippen molar-refractivity contribution in [1.82, 2.24) is 4.90 Å². The van der Waals surface area contributed by atoms with Crippen LogP contribution >= 0.6 is 11.8 Å². The van der Waals surface area contributed by atoms with Crippen LogP contribution in [0.5, 0.6) is 0 Å². The van der Waals surface area contributed by atoms with Crippen molar-refractivity contribution in [3.05, 3.63) is 0 Å². The Morgan fingerprint density at radius 3 is 3.00 bits per heavy atom. The molecule has 1 aliphatic rings. The van der Waals surface area contributed by atoms with Crippen molar-refractivity contribution in [3.63, 3.8) is 0 Å². The van der Waals surface area contributed by atoms with E-state index in [1.165, 1.54) is 5.75 Å². The molecule has 0 radical (unpaired) electrons. The highest BCUT2D eigenvalue weighted by molar-refractivity contribution is 7.99. The van der Waals surface area contributed by atoms with Crippen molar-refractivity contribution in [2.24, 2.45) is 0 Å². The first kappa shape index (κ1) is 8.87. The molecule has 1 rings (SSSR count). The van der Waals surface area contributed by atoms with Gasteiger partial charge in [-0.05, 0) is 19.2 Å². The number of carbonyl (C=O) groups is 1. The zero-order valence-electron chi connectivity index (χ0n) is 6.62. The lowest BCUT2D eigenvalue weighted by Gasteiger charge is -2.20. The lowest BCUT2D eigenvalue weighted by atomic mass is 10.2. The van der Waals surface area contributed by atoms with Gasteiger partial charge in [0.15, 0.2) is 0 Å². The number of thioether (sulfide) groups is 1. The number of carboxylic acid groups (broad SMARTS) is 1. The molecule has 0 aromatic rings. The first-order valence-corrected chi connectivity index (χ1v) is 4.85. The van der Waals surface area contributed by atoms with Crippen LogP contribution in [0.1, 0.15) is 6.42 Å². The highest BCUT2D eigenvalue weighted by atomic mass is 32.2. The Hall–Kier alpha value is -0.220. The topological polar surface area (TPSA) is 40.5 Å². The number of carboxylic acids is 1. The predicted octanol–water partition coefficient (Wildman–Crippen LogP) is 0.508. The number of likely N-dealkylation sites (N-methyl/N-ethyl adjacent to an activating group) is 1. The summed E-state index contributed by atoms with van der Waals surface area (Å²) < 4.78 is 0. The predicted molar refractivity (Wildman–Crippen MR) is 46.0 cm³/mol. The molecule has 1 aliphatic heterocycles. The van der Waals surface area contributed by atoms with E-state index >= 15 is 0 Å². The number of aliphatic carboxylic acids is 1. The maximum absolute atomic E-state index is 10.3. The van der Waals surface area contributed by atoms with Crippen molar-refractivity contribution in [1.29, 1.82) is 0 Å². The number of rotatable bonds is 3. The molecule has 0 aromatic heterocycles. The molecule has 1 atom stereocenters. The van der Waals surface area contributed by atoms with Gasteiger partial charge in [-0.1, -0.05) is 0 Å². The summed E-state index contributed by atoms with van der Waals surface area (Å²) in [5.74, 6) is 1.53. The van der Waals surface area contributed by atoms with Crippen molar-refractivity contribution in [2.45, 2.75) is 12.5 Å². The van der Waals surface area contributed by atoms with Crippen LogP contribution in [0.15, 0.2) is 0 Å². The minimum atomic E-state index is -0.732. The van der Waals surface area contributed by atoms with Crippen LogP contribution in [0, 0.1) is 0 Å². The second-order valence-corrected chi connectivity index (χ2v) is 3.98. The molecule has 4 heteroatoms. The Balaban J connectivity index is 2.28. The second-order valence-electron chi connectivity index (χ2n) is 2.83. The monoisotopic (exact) mass is 175 g/mol. The van der Waals surface area contributed by atoms with Gasteiger partial charge in [0.1, 0.15) is 0 Å². The third-order valence-electron chi connectivity index (χ3n) is 1.91. The largest absolute Gasteiger partial charge is 0.480 e. The van der Waals surface area contributed by atoms with E-state index in [0.29, 0.717) is 6.04 Å². The van der Waals surface area contributed by atoms with Crippen LogP contribution in [0.25, 0.3) is 0 Å². The van der Waals surface area contributed by atoms with E-state index < -0.39 is 5.97 Å². The molecule has 1 saturated heterocycles. The average molecular weight is 175 g/mol. The molecule has 1 fully saturated rings. The molecule has 0 amide bonds. The highest BCUT2D eigenvalue weighted by Crippen LogP contribution is 2.20. The van der Waals surface area contributed by atoms with Crippen LogP contribution < -0.4 is 0 Å². The summed E-state index contributed by atoms with van der Waals surface area (Å²) in [4.78, 5) is 12.2. The summed E-state index contributed by atoms with van der Waals surface area (Å²) in [6, 6.07) is 0.482. The maximum Gasteiger partial charge on any atom is 0.317 e.